The molecule has 0 fully saturated rings. The minimum absolute atomic E-state index is 0.242. The van der Waals surface area contributed by atoms with Crippen LogP contribution < -0.4 is 14.8 Å². The second-order valence-corrected chi connectivity index (χ2v) is 7.20. The van der Waals surface area contributed by atoms with E-state index >= 15 is 0 Å². The van der Waals surface area contributed by atoms with E-state index in [4.69, 9.17) is 9.47 Å². The molecule has 7 heteroatoms. The van der Waals surface area contributed by atoms with Gasteiger partial charge in [0.15, 0.2) is 5.13 Å². The van der Waals surface area contributed by atoms with Gasteiger partial charge in [0.2, 0.25) is 5.91 Å². The van der Waals surface area contributed by atoms with Crippen molar-refractivity contribution in [2.45, 2.75) is 0 Å². The van der Waals surface area contributed by atoms with Gasteiger partial charge in [0.25, 0.3) is 0 Å². The van der Waals surface area contributed by atoms with E-state index in [9.17, 15) is 4.79 Å². The van der Waals surface area contributed by atoms with Crippen LogP contribution in [0.3, 0.4) is 0 Å². The number of ether oxygens (including phenoxy) is 2. The van der Waals surface area contributed by atoms with Crippen LogP contribution in [0, 0.1) is 0 Å². The Balaban J connectivity index is 1.66. The van der Waals surface area contributed by atoms with Gasteiger partial charge in [-0.3, -0.25) is 10.1 Å². The van der Waals surface area contributed by atoms with Crippen molar-refractivity contribution >= 4 is 44.4 Å². The average molecular weight is 445 g/mol. The first-order valence-electron chi connectivity index (χ1n) is 8.01. The fourth-order valence-electron chi connectivity index (χ4n) is 2.35. The maximum atomic E-state index is 12.2. The molecule has 1 heterocycles. The molecular formula is C20H17BrN2O3S. The zero-order valence-corrected chi connectivity index (χ0v) is 17.1. The fraction of sp³-hybridized carbons (Fsp3) is 0.100. The molecule has 138 valence electrons. The SMILES string of the molecule is COc1cccc(-c2csc(NC(=O)/C=C/c3ccc(OC)c(Br)c3)n2)c1. The van der Waals surface area contributed by atoms with Crippen LogP contribution in [0.2, 0.25) is 0 Å². The lowest BCUT2D eigenvalue weighted by Gasteiger charge is -2.03. The van der Waals surface area contributed by atoms with Crippen molar-refractivity contribution in [1.29, 1.82) is 0 Å². The van der Waals surface area contributed by atoms with Crippen molar-refractivity contribution in [3.05, 3.63) is 64.0 Å². The molecule has 2 aromatic carbocycles. The average Bonchev–Trinajstić information content (AvgIpc) is 3.15. The predicted octanol–water partition coefficient (Wildman–Crippen LogP) is 5.24. The summed E-state index contributed by atoms with van der Waals surface area (Å²) in [6, 6.07) is 13.2. The molecule has 0 bridgehead atoms. The lowest BCUT2D eigenvalue weighted by molar-refractivity contribution is -0.111. The Labute approximate surface area is 169 Å². The number of benzene rings is 2. The molecule has 1 aromatic heterocycles. The van der Waals surface area contributed by atoms with Gasteiger partial charge in [-0.2, -0.15) is 0 Å². The van der Waals surface area contributed by atoms with Crippen molar-refractivity contribution < 1.29 is 14.3 Å². The van der Waals surface area contributed by atoms with Crippen molar-refractivity contribution in [3.63, 3.8) is 0 Å². The first kappa shape index (κ1) is 19.1. The van der Waals surface area contributed by atoms with E-state index in [1.807, 2.05) is 47.8 Å². The second kappa shape index (κ2) is 8.83. The maximum Gasteiger partial charge on any atom is 0.250 e. The molecule has 3 rings (SSSR count). The summed E-state index contributed by atoms with van der Waals surface area (Å²) in [6.07, 6.45) is 3.21. The van der Waals surface area contributed by atoms with Gasteiger partial charge in [-0.05, 0) is 51.8 Å². The van der Waals surface area contributed by atoms with Crippen LogP contribution in [0.25, 0.3) is 17.3 Å². The molecule has 1 N–H and O–H groups in total. The maximum absolute atomic E-state index is 12.2. The molecule has 0 aliphatic heterocycles. The number of anilines is 1. The van der Waals surface area contributed by atoms with Gasteiger partial charge in [-0.15, -0.1) is 11.3 Å². The zero-order chi connectivity index (χ0) is 19.2. The molecule has 5 nitrogen and oxygen atoms in total. The molecule has 27 heavy (non-hydrogen) atoms. The van der Waals surface area contributed by atoms with Crippen molar-refractivity contribution in [1.82, 2.24) is 4.98 Å². The molecule has 0 atom stereocenters. The summed E-state index contributed by atoms with van der Waals surface area (Å²) >= 11 is 4.80. The van der Waals surface area contributed by atoms with E-state index < -0.39 is 0 Å². The third-order valence-corrected chi connectivity index (χ3v) is 5.08. The van der Waals surface area contributed by atoms with Crippen molar-refractivity contribution in [2.75, 3.05) is 19.5 Å². The summed E-state index contributed by atoms with van der Waals surface area (Å²) in [5.74, 6) is 1.26. The molecule has 0 saturated heterocycles. The monoisotopic (exact) mass is 444 g/mol. The highest BCUT2D eigenvalue weighted by Gasteiger charge is 2.07. The normalized spacial score (nSPS) is 10.8. The lowest BCUT2D eigenvalue weighted by Crippen LogP contribution is -2.07. The predicted molar refractivity (Wildman–Crippen MR) is 112 cm³/mol. The lowest BCUT2D eigenvalue weighted by atomic mass is 10.2. The van der Waals surface area contributed by atoms with Crippen LogP contribution in [-0.2, 0) is 4.79 Å². The van der Waals surface area contributed by atoms with Crippen LogP contribution >= 0.6 is 27.3 Å². The van der Waals surface area contributed by atoms with E-state index in [2.05, 4.69) is 26.2 Å². The van der Waals surface area contributed by atoms with Gasteiger partial charge in [0.05, 0.1) is 24.4 Å². The van der Waals surface area contributed by atoms with E-state index in [0.717, 1.165) is 32.8 Å². The highest BCUT2D eigenvalue weighted by molar-refractivity contribution is 9.10. The van der Waals surface area contributed by atoms with Gasteiger partial charge >= 0.3 is 0 Å². The molecule has 0 aliphatic carbocycles. The van der Waals surface area contributed by atoms with Crippen LogP contribution in [0.1, 0.15) is 5.56 Å². The number of hydrogen-bond acceptors (Lipinski definition) is 5. The summed E-state index contributed by atoms with van der Waals surface area (Å²) in [6.45, 7) is 0. The Morgan fingerprint density at radius 1 is 1.19 bits per heavy atom. The highest BCUT2D eigenvalue weighted by Crippen LogP contribution is 2.28. The number of aromatic nitrogens is 1. The Bertz CT molecular complexity index is 985. The number of carbonyl (C=O) groups is 1. The fourth-order valence-corrected chi connectivity index (χ4v) is 3.63. The molecule has 0 aliphatic rings. The molecule has 1 amide bonds. The number of carbonyl (C=O) groups excluding carboxylic acids is 1. The Morgan fingerprint density at radius 3 is 2.78 bits per heavy atom. The number of hydrogen-bond donors (Lipinski definition) is 1. The van der Waals surface area contributed by atoms with E-state index in [-0.39, 0.29) is 5.91 Å². The minimum Gasteiger partial charge on any atom is -0.497 e. The van der Waals surface area contributed by atoms with Crippen LogP contribution in [0.15, 0.2) is 58.4 Å². The van der Waals surface area contributed by atoms with Gasteiger partial charge in [-0.25, -0.2) is 4.98 Å². The molecular weight excluding hydrogens is 428 g/mol. The van der Waals surface area contributed by atoms with Crippen LogP contribution in [0.4, 0.5) is 5.13 Å². The topological polar surface area (TPSA) is 60.5 Å². The smallest absolute Gasteiger partial charge is 0.250 e. The van der Waals surface area contributed by atoms with E-state index in [1.54, 1.807) is 20.3 Å². The van der Waals surface area contributed by atoms with Gasteiger partial charge in [-0.1, -0.05) is 18.2 Å². The first-order valence-corrected chi connectivity index (χ1v) is 9.69. The third-order valence-electron chi connectivity index (χ3n) is 3.70. The first-order chi connectivity index (χ1) is 13.1. The van der Waals surface area contributed by atoms with Gasteiger partial charge < -0.3 is 9.47 Å². The minimum atomic E-state index is -0.242. The summed E-state index contributed by atoms with van der Waals surface area (Å²) in [7, 11) is 3.23. The summed E-state index contributed by atoms with van der Waals surface area (Å²) < 4.78 is 11.3. The Morgan fingerprint density at radius 2 is 2.04 bits per heavy atom. The summed E-state index contributed by atoms with van der Waals surface area (Å²) in [5, 5.41) is 5.22. The summed E-state index contributed by atoms with van der Waals surface area (Å²) in [4.78, 5) is 16.6. The molecule has 0 radical (unpaired) electrons. The Hall–Kier alpha value is -2.64. The van der Waals surface area contributed by atoms with E-state index in [1.165, 1.54) is 17.4 Å². The van der Waals surface area contributed by atoms with Crippen LogP contribution in [0.5, 0.6) is 11.5 Å². The largest absolute Gasteiger partial charge is 0.497 e. The van der Waals surface area contributed by atoms with Gasteiger partial charge in [0.1, 0.15) is 11.5 Å². The number of halogens is 1. The third kappa shape index (κ3) is 4.96. The molecule has 0 spiro atoms. The van der Waals surface area contributed by atoms with Gasteiger partial charge in [0, 0.05) is 17.0 Å². The van der Waals surface area contributed by atoms with Crippen molar-refractivity contribution in [2.24, 2.45) is 0 Å². The number of thiazole rings is 1. The van der Waals surface area contributed by atoms with E-state index in [0.29, 0.717) is 5.13 Å². The van der Waals surface area contributed by atoms with Crippen molar-refractivity contribution in [3.8, 4) is 22.8 Å². The molecule has 0 unspecified atom stereocenters. The quantitative estimate of drug-likeness (QED) is 0.527. The number of nitrogens with one attached hydrogen (secondary N) is 1. The highest BCUT2D eigenvalue weighted by atomic mass is 79.9. The Kier molecular flexibility index (Phi) is 6.26. The van der Waals surface area contributed by atoms with Crippen LogP contribution in [-0.4, -0.2) is 25.1 Å². The summed E-state index contributed by atoms with van der Waals surface area (Å²) in [5.41, 5.74) is 2.61. The molecule has 3 aromatic rings. The number of methoxy groups -OCH3 is 2. The zero-order valence-electron chi connectivity index (χ0n) is 14.7. The second-order valence-electron chi connectivity index (χ2n) is 5.49. The molecule has 0 saturated carbocycles. The standard InChI is InChI=1S/C20H17BrN2O3S/c1-25-15-5-3-4-14(11-15)17-12-27-20(22-17)23-19(24)9-7-13-6-8-18(26-2)16(21)10-13/h3-12H,1-2H3,(H,22,23,24)/b9-7+. The number of nitrogens with zero attached hydrogens (tertiary/aromatic N) is 1. The number of amides is 1. The number of rotatable bonds is 6.